The van der Waals surface area contributed by atoms with E-state index in [0.717, 1.165) is 30.8 Å². The molecule has 0 spiro atoms. The Morgan fingerprint density at radius 1 is 1.50 bits per heavy atom. The summed E-state index contributed by atoms with van der Waals surface area (Å²) in [4.78, 5) is 4.27. The largest absolute Gasteiger partial charge is 0.384 e. The average molecular weight is 243 g/mol. The first-order valence-corrected chi connectivity index (χ1v) is 6.36. The molecular formula is C14H17N3O. The van der Waals surface area contributed by atoms with Crippen LogP contribution in [-0.4, -0.2) is 21.2 Å². The molecule has 2 N–H and O–H groups in total. The zero-order chi connectivity index (χ0) is 12.5. The zero-order valence-corrected chi connectivity index (χ0v) is 10.4. The molecule has 0 saturated carbocycles. The molecule has 1 aliphatic rings. The van der Waals surface area contributed by atoms with Gasteiger partial charge in [-0.1, -0.05) is 18.2 Å². The normalized spacial score (nSPS) is 15.2. The van der Waals surface area contributed by atoms with E-state index in [1.807, 2.05) is 29.8 Å². The quantitative estimate of drug-likeness (QED) is 0.866. The van der Waals surface area contributed by atoms with E-state index in [2.05, 4.69) is 16.4 Å². The number of para-hydroxylation sites is 1. The van der Waals surface area contributed by atoms with Crippen molar-refractivity contribution in [2.75, 3.05) is 11.9 Å². The molecule has 3 rings (SSSR count). The van der Waals surface area contributed by atoms with Crippen LogP contribution in [0, 0.1) is 0 Å². The standard InChI is InChI=1S/C14H17N3O/c1-2-17-9-8-16-14(17)13(18)11-5-3-4-10-6-7-15-12(10)11/h3-5,8-9,13,15,18H,2,6-7H2,1H3. The van der Waals surface area contributed by atoms with Crippen molar-refractivity contribution in [3.8, 4) is 0 Å². The van der Waals surface area contributed by atoms with Crippen molar-refractivity contribution in [2.24, 2.45) is 0 Å². The Bertz CT molecular complexity index is 562. The number of benzene rings is 1. The van der Waals surface area contributed by atoms with Crippen molar-refractivity contribution in [1.82, 2.24) is 9.55 Å². The first-order chi connectivity index (χ1) is 8.81. The van der Waals surface area contributed by atoms with E-state index in [-0.39, 0.29) is 0 Å². The SMILES string of the molecule is CCn1ccnc1C(O)c1cccc2c1NCC2. The molecule has 4 nitrogen and oxygen atoms in total. The Morgan fingerprint density at radius 2 is 2.39 bits per heavy atom. The number of aryl methyl sites for hydroxylation is 1. The second-order valence-electron chi connectivity index (χ2n) is 4.53. The van der Waals surface area contributed by atoms with Crippen LogP contribution in [0.5, 0.6) is 0 Å². The highest BCUT2D eigenvalue weighted by molar-refractivity contribution is 5.62. The minimum Gasteiger partial charge on any atom is -0.384 e. The molecule has 0 aliphatic carbocycles. The molecule has 1 aliphatic heterocycles. The Hall–Kier alpha value is -1.81. The van der Waals surface area contributed by atoms with Gasteiger partial charge in [0.15, 0.2) is 0 Å². The smallest absolute Gasteiger partial charge is 0.142 e. The number of hydrogen-bond donors (Lipinski definition) is 2. The van der Waals surface area contributed by atoms with Gasteiger partial charge in [-0.2, -0.15) is 0 Å². The van der Waals surface area contributed by atoms with Crippen LogP contribution >= 0.6 is 0 Å². The highest BCUT2D eigenvalue weighted by atomic mass is 16.3. The summed E-state index contributed by atoms with van der Waals surface area (Å²) >= 11 is 0. The molecule has 4 heteroatoms. The Labute approximate surface area is 106 Å². The summed E-state index contributed by atoms with van der Waals surface area (Å²) in [6.45, 7) is 3.81. The lowest BCUT2D eigenvalue weighted by molar-refractivity contribution is 0.205. The zero-order valence-electron chi connectivity index (χ0n) is 10.4. The van der Waals surface area contributed by atoms with Gasteiger partial charge < -0.3 is 15.0 Å². The summed E-state index contributed by atoms with van der Waals surface area (Å²) in [5.74, 6) is 0.708. The lowest BCUT2D eigenvalue weighted by atomic mass is 10.0. The van der Waals surface area contributed by atoms with Gasteiger partial charge >= 0.3 is 0 Å². The van der Waals surface area contributed by atoms with E-state index >= 15 is 0 Å². The van der Waals surface area contributed by atoms with E-state index in [9.17, 15) is 5.11 Å². The maximum absolute atomic E-state index is 10.5. The van der Waals surface area contributed by atoms with E-state index in [1.165, 1.54) is 5.56 Å². The first kappa shape index (κ1) is 11.3. The number of anilines is 1. The molecule has 0 radical (unpaired) electrons. The molecule has 1 aromatic carbocycles. The second kappa shape index (κ2) is 4.46. The Kier molecular flexibility index (Phi) is 2.80. The number of aliphatic hydroxyl groups excluding tert-OH is 1. The molecule has 2 heterocycles. The van der Waals surface area contributed by atoms with Crippen LogP contribution < -0.4 is 5.32 Å². The van der Waals surface area contributed by atoms with E-state index < -0.39 is 6.10 Å². The van der Waals surface area contributed by atoms with Crippen molar-refractivity contribution in [1.29, 1.82) is 0 Å². The predicted octanol–water partition coefficient (Wildman–Crippen LogP) is 1.95. The van der Waals surface area contributed by atoms with Crippen LogP contribution in [0.4, 0.5) is 5.69 Å². The Morgan fingerprint density at radius 3 is 3.22 bits per heavy atom. The fourth-order valence-corrected chi connectivity index (χ4v) is 2.57. The van der Waals surface area contributed by atoms with Crippen LogP contribution in [0.25, 0.3) is 0 Å². The lowest BCUT2D eigenvalue weighted by Crippen LogP contribution is -2.10. The van der Waals surface area contributed by atoms with Gasteiger partial charge in [-0.15, -0.1) is 0 Å². The van der Waals surface area contributed by atoms with Gasteiger partial charge in [-0.25, -0.2) is 4.98 Å². The van der Waals surface area contributed by atoms with Gasteiger partial charge in [0.1, 0.15) is 11.9 Å². The van der Waals surface area contributed by atoms with Crippen molar-refractivity contribution in [3.63, 3.8) is 0 Å². The van der Waals surface area contributed by atoms with Crippen molar-refractivity contribution in [2.45, 2.75) is 26.0 Å². The summed E-state index contributed by atoms with van der Waals surface area (Å²) in [6, 6.07) is 6.08. The van der Waals surface area contributed by atoms with Crippen LogP contribution in [0.2, 0.25) is 0 Å². The van der Waals surface area contributed by atoms with Gasteiger partial charge in [-0.3, -0.25) is 0 Å². The maximum atomic E-state index is 10.5. The molecule has 1 atom stereocenters. The number of nitrogens with zero attached hydrogens (tertiary/aromatic N) is 2. The fourth-order valence-electron chi connectivity index (χ4n) is 2.57. The van der Waals surface area contributed by atoms with Crippen LogP contribution in [0.3, 0.4) is 0 Å². The Balaban J connectivity index is 2.03. The van der Waals surface area contributed by atoms with Crippen molar-refractivity contribution in [3.05, 3.63) is 47.5 Å². The van der Waals surface area contributed by atoms with Gasteiger partial charge in [0.2, 0.25) is 0 Å². The summed E-state index contributed by atoms with van der Waals surface area (Å²) in [5, 5.41) is 13.9. The minimum atomic E-state index is -0.666. The molecule has 18 heavy (non-hydrogen) atoms. The molecule has 0 amide bonds. The van der Waals surface area contributed by atoms with Crippen molar-refractivity contribution < 1.29 is 5.11 Å². The third-order valence-electron chi connectivity index (χ3n) is 3.51. The van der Waals surface area contributed by atoms with E-state index in [1.54, 1.807) is 6.20 Å². The molecule has 1 unspecified atom stereocenters. The maximum Gasteiger partial charge on any atom is 0.142 e. The first-order valence-electron chi connectivity index (χ1n) is 6.36. The summed E-state index contributed by atoms with van der Waals surface area (Å²) in [5.41, 5.74) is 3.28. The van der Waals surface area contributed by atoms with Gasteiger partial charge in [-0.05, 0) is 18.9 Å². The lowest BCUT2D eigenvalue weighted by Gasteiger charge is -2.16. The van der Waals surface area contributed by atoms with Crippen molar-refractivity contribution >= 4 is 5.69 Å². The number of aromatic nitrogens is 2. The number of imidazole rings is 1. The topological polar surface area (TPSA) is 50.1 Å². The fraction of sp³-hybridized carbons (Fsp3) is 0.357. The third kappa shape index (κ3) is 1.69. The number of rotatable bonds is 3. The highest BCUT2D eigenvalue weighted by Gasteiger charge is 2.22. The summed E-state index contributed by atoms with van der Waals surface area (Å²) in [7, 11) is 0. The molecule has 0 bridgehead atoms. The summed E-state index contributed by atoms with van der Waals surface area (Å²) < 4.78 is 1.97. The minimum absolute atomic E-state index is 0.666. The molecule has 94 valence electrons. The van der Waals surface area contributed by atoms with E-state index in [0.29, 0.717) is 5.82 Å². The monoisotopic (exact) mass is 243 g/mol. The van der Waals surface area contributed by atoms with E-state index in [4.69, 9.17) is 0 Å². The number of nitrogens with one attached hydrogen (secondary N) is 1. The van der Waals surface area contributed by atoms with Gasteiger partial charge in [0, 0.05) is 36.7 Å². The molecule has 0 fully saturated rings. The molecule has 0 saturated heterocycles. The third-order valence-corrected chi connectivity index (χ3v) is 3.51. The molecular weight excluding hydrogens is 226 g/mol. The summed E-state index contributed by atoms with van der Waals surface area (Å²) in [6.07, 6.45) is 3.99. The van der Waals surface area contributed by atoms with Crippen LogP contribution in [0.1, 0.15) is 30.0 Å². The van der Waals surface area contributed by atoms with Crippen LogP contribution in [0.15, 0.2) is 30.6 Å². The average Bonchev–Trinajstić information content (AvgIpc) is 3.05. The van der Waals surface area contributed by atoms with Gasteiger partial charge in [0.05, 0.1) is 0 Å². The highest BCUT2D eigenvalue weighted by Crippen LogP contribution is 2.33. The number of aliphatic hydroxyl groups is 1. The molecule has 1 aromatic heterocycles. The van der Waals surface area contributed by atoms with Gasteiger partial charge in [0.25, 0.3) is 0 Å². The molecule has 2 aromatic rings. The predicted molar refractivity (Wildman–Crippen MR) is 70.6 cm³/mol. The second-order valence-corrected chi connectivity index (χ2v) is 4.53. The number of hydrogen-bond acceptors (Lipinski definition) is 3. The van der Waals surface area contributed by atoms with Crippen LogP contribution in [-0.2, 0) is 13.0 Å². The number of fused-ring (bicyclic) bond motifs is 1.